The monoisotopic (exact) mass is 380 g/mol. The zero-order chi connectivity index (χ0) is 17.0. The van der Waals surface area contributed by atoms with Crippen LogP contribution < -0.4 is 10.2 Å². The molecule has 0 aliphatic carbocycles. The Hall–Kier alpha value is -1.08. The van der Waals surface area contributed by atoms with Crippen LogP contribution in [0.1, 0.15) is 29.6 Å². The summed E-state index contributed by atoms with van der Waals surface area (Å²) in [4.78, 5) is 23.5. The second-order valence-corrected chi connectivity index (χ2v) is 7.84. The quantitative estimate of drug-likeness (QED) is 0.476. The van der Waals surface area contributed by atoms with Crippen LogP contribution in [0.15, 0.2) is 24.3 Å². The van der Waals surface area contributed by atoms with E-state index in [-0.39, 0.29) is 11.3 Å². The lowest BCUT2D eigenvalue weighted by molar-refractivity contribution is -0.931. The number of nitro groups is 1. The minimum Gasteiger partial charge on any atom is -0.312 e. The molecule has 1 saturated heterocycles. The van der Waals surface area contributed by atoms with Gasteiger partial charge in [-0.15, -0.1) is 0 Å². The molecule has 1 aromatic carbocycles. The fourth-order valence-corrected chi connectivity index (χ4v) is 3.29. The normalized spacial score (nSPS) is 17.5. The molecular formula is C14H17Cl3N3O3+. The number of carbonyl (C=O) groups is 1. The van der Waals surface area contributed by atoms with Crippen molar-refractivity contribution in [2.45, 2.75) is 29.2 Å². The number of amides is 1. The second kappa shape index (κ2) is 7.66. The second-order valence-electron chi connectivity index (χ2n) is 5.47. The molecule has 0 spiro atoms. The zero-order valence-electron chi connectivity index (χ0n) is 12.2. The van der Waals surface area contributed by atoms with Crippen LogP contribution in [0.4, 0.5) is 5.69 Å². The number of nitro benzene ring substituents is 1. The van der Waals surface area contributed by atoms with E-state index < -0.39 is 20.8 Å². The lowest BCUT2D eigenvalue weighted by Crippen LogP contribution is -3.20. The molecule has 0 unspecified atom stereocenters. The van der Waals surface area contributed by atoms with Gasteiger partial charge in [0.15, 0.2) is 0 Å². The highest BCUT2D eigenvalue weighted by Crippen LogP contribution is 2.28. The molecule has 1 atom stereocenters. The summed E-state index contributed by atoms with van der Waals surface area (Å²) < 4.78 is -1.64. The first-order valence-corrected chi connectivity index (χ1v) is 8.39. The number of piperidine rings is 1. The molecule has 9 heteroatoms. The molecule has 1 amide bonds. The molecular weight excluding hydrogens is 365 g/mol. The van der Waals surface area contributed by atoms with Gasteiger partial charge in [0.05, 0.1) is 18.0 Å². The van der Waals surface area contributed by atoms with Crippen molar-refractivity contribution in [2.24, 2.45) is 0 Å². The van der Waals surface area contributed by atoms with Crippen molar-refractivity contribution in [1.29, 1.82) is 0 Å². The summed E-state index contributed by atoms with van der Waals surface area (Å²) in [5, 5.41) is 13.4. The molecule has 0 aromatic heterocycles. The highest BCUT2D eigenvalue weighted by atomic mass is 35.6. The van der Waals surface area contributed by atoms with E-state index in [1.807, 2.05) is 0 Å². The number of halogens is 3. The Labute approximate surface area is 148 Å². The van der Waals surface area contributed by atoms with Gasteiger partial charge in [0.2, 0.25) is 6.17 Å². The Bertz CT molecular complexity index is 569. The van der Waals surface area contributed by atoms with Gasteiger partial charge in [-0.3, -0.25) is 20.2 Å². The van der Waals surface area contributed by atoms with Gasteiger partial charge in [0.25, 0.3) is 15.4 Å². The average Bonchev–Trinajstić information content (AvgIpc) is 2.52. The smallest absolute Gasteiger partial charge is 0.269 e. The Morgan fingerprint density at radius 2 is 1.74 bits per heavy atom. The number of non-ortho nitro benzene ring substituents is 1. The standard InChI is InChI=1S/C14H16Cl3N3O3/c15-14(16,17)13(19-8-2-1-3-9-19)18-12(21)10-4-6-11(7-5-10)20(22)23/h4-7,13H,1-3,8-9H2,(H,18,21)/p+1/t13-/m1/s1. The van der Waals surface area contributed by atoms with Crippen LogP contribution in [-0.2, 0) is 0 Å². The van der Waals surface area contributed by atoms with E-state index >= 15 is 0 Å². The first kappa shape index (κ1) is 18.3. The van der Waals surface area contributed by atoms with Gasteiger partial charge in [0.1, 0.15) is 0 Å². The molecule has 6 nitrogen and oxygen atoms in total. The first-order valence-electron chi connectivity index (χ1n) is 7.25. The zero-order valence-corrected chi connectivity index (χ0v) is 14.5. The Morgan fingerprint density at radius 3 is 2.22 bits per heavy atom. The molecule has 0 bridgehead atoms. The van der Waals surface area contributed by atoms with Crippen molar-refractivity contribution < 1.29 is 14.6 Å². The number of benzene rings is 1. The van der Waals surface area contributed by atoms with Crippen LogP contribution >= 0.6 is 34.8 Å². The van der Waals surface area contributed by atoms with Crippen molar-refractivity contribution >= 4 is 46.4 Å². The summed E-state index contributed by atoms with van der Waals surface area (Å²) in [7, 11) is 0. The highest BCUT2D eigenvalue weighted by molar-refractivity contribution is 6.68. The van der Waals surface area contributed by atoms with Crippen LogP contribution in [-0.4, -0.2) is 33.9 Å². The minimum absolute atomic E-state index is 0.0823. The fraction of sp³-hybridized carbons (Fsp3) is 0.500. The number of rotatable bonds is 4. The van der Waals surface area contributed by atoms with Crippen LogP contribution in [0.2, 0.25) is 0 Å². The molecule has 1 heterocycles. The molecule has 126 valence electrons. The van der Waals surface area contributed by atoms with Crippen molar-refractivity contribution in [1.82, 2.24) is 5.32 Å². The number of quaternary nitrogens is 1. The van der Waals surface area contributed by atoms with Crippen LogP contribution in [0, 0.1) is 10.1 Å². The lowest BCUT2D eigenvalue weighted by Gasteiger charge is -2.35. The summed E-state index contributed by atoms with van der Waals surface area (Å²) >= 11 is 18.1. The number of hydrogen-bond donors (Lipinski definition) is 2. The summed E-state index contributed by atoms with van der Waals surface area (Å²) in [6.45, 7) is 1.64. The van der Waals surface area contributed by atoms with E-state index in [0.29, 0.717) is 0 Å². The predicted molar refractivity (Wildman–Crippen MR) is 89.2 cm³/mol. The van der Waals surface area contributed by atoms with Crippen molar-refractivity contribution in [3.63, 3.8) is 0 Å². The van der Waals surface area contributed by atoms with E-state index in [0.717, 1.165) is 37.3 Å². The third-order valence-electron chi connectivity index (χ3n) is 3.85. The van der Waals surface area contributed by atoms with E-state index in [1.54, 1.807) is 0 Å². The third-order valence-corrected chi connectivity index (χ3v) is 4.50. The number of nitrogens with one attached hydrogen (secondary N) is 2. The van der Waals surface area contributed by atoms with Crippen molar-refractivity contribution in [3.8, 4) is 0 Å². The predicted octanol–water partition coefficient (Wildman–Crippen LogP) is 2.09. The summed E-state index contributed by atoms with van der Waals surface area (Å²) in [6, 6.07) is 5.31. The molecule has 1 aromatic rings. The SMILES string of the molecule is O=C(N[C@H]([NH+]1CCCCC1)C(Cl)(Cl)Cl)c1ccc([N+](=O)[O-])cc1. The molecule has 0 radical (unpaired) electrons. The van der Waals surface area contributed by atoms with Crippen LogP contribution in [0.5, 0.6) is 0 Å². The van der Waals surface area contributed by atoms with E-state index in [1.165, 1.54) is 24.3 Å². The van der Waals surface area contributed by atoms with Gasteiger partial charge in [-0.1, -0.05) is 34.8 Å². The van der Waals surface area contributed by atoms with E-state index in [4.69, 9.17) is 34.8 Å². The Kier molecular flexibility index (Phi) is 6.08. The van der Waals surface area contributed by atoms with Gasteiger partial charge < -0.3 is 4.90 Å². The largest absolute Gasteiger partial charge is 0.312 e. The molecule has 1 fully saturated rings. The summed E-state index contributed by atoms with van der Waals surface area (Å²) in [6.07, 6.45) is 2.49. The Morgan fingerprint density at radius 1 is 1.17 bits per heavy atom. The number of carbonyl (C=O) groups excluding carboxylic acids is 1. The van der Waals surface area contributed by atoms with Gasteiger partial charge in [0, 0.05) is 17.7 Å². The third kappa shape index (κ3) is 4.94. The molecule has 2 rings (SSSR count). The molecule has 1 aliphatic heterocycles. The number of nitrogens with zero attached hydrogens (tertiary/aromatic N) is 1. The van der Waals surface area contributed by atoms with E-state index in [9.17, 15) is 14.9 Å². The average molecular weight is 382 g/mol. The Balaban J connectivity index is 2.11. The molecule has 0 saturated carbocycles. The number of hydrogen-bond acceptors (Lipinski definition) is 3. The minimum atomic E-state index is -1.64. The topological polar surface area (TPSA) is 76.7 Å². The number of likely N-dealkylation sites (tertiary alicyclic amines) is 1. The molecule has 1 aliphatic rings. The van der Waals surface area contributed by atoms with Gasteiger partial charge in [-0.05, 0) is 31.4 Å². The molecule has 2 N–H and O–H groups in total. The van der Waals surface area contributed by atoms with Crippen molar-refractivity contribution in [2.75, 3.05) is 13.1 Å². The fourth-order valence-electron chi connectivity index (χ4n) is 2.66. The summed E-state index contributed by atoms with van der Waals surface area (Å²) in [5.41, 5.74) is 0.201. The van der Waals surface area contributed by atoms with Crippen LogP contribution in [0.25, 0.3) is 0 Å². The van der Waals surface area contributed by atoms with E-state index in [2.05, 4.69) is 5.32 Å². The maximum Gasteiger partial charge on any atom is 0.269 e. The van der Waals surface area contributed by atoms with Crippen molar-refractivity contribution in [3.05, 3.63) is 39.9 Å². The van der Waals surface area contributed by atoms with Crippen LogP contribution in [0.3, 0.4) is 0 Å². The number of alkyl halides is 3. The summed E-state index contributed by atoms with van der Waals surface area (Å²) in [5.74, 6) is -0.422. The maximum absolute atomic E-state index is 12.4. The highest BCUT2D eigenvalue weighted by Gasteiger charge is 2.42. The lowest BCUT2D eigenvalue weighted by atomic mass is 10.1. The van der Waals surface area contributed by atoms with Gasteiger partial charge in [-0.2, -0.15) is 0 Å². The van der Waals surface area contributed by atoms with Gasteiger partial charge >= 0.3 is 0 Å². The maximum atomic E-state index is 12.4. The first-order chi connectivity index (χ1) is 10.8. The molecule has 23 heavy (non-hydrogen) atoms. The van der Waals surface area contributed by atoms with Gasteiger partial charge in [-0.25, -0.2) is 0 Å².